The summed E-state index contributed by atoms with van der Waals surface area (Å²) in [6, 6.07) is 1.43. The Morgan fingerprint density at radius 3 is 3.17 bits per heavy atom. The topological polar surface area (TPSA) is 78.9 Å². The normalized spacial score (nSPS) is 25.7. The van der Waals surface area contributed by atoms with Crippen LogP contribution in [0, 0.1) is 17.2 Å². The van der Waals surface area contributed by atoms with Gasteiger partial charge in [-0.25, -0.2) is 0 Å². The Labute approximate surface area is 71.7 Å². The van der Waals surface area contributed by atoms with Gasteiger partial charge >= 0.3 is 0 Å². The first-order valence-electron chi connectivity index (χ1n) is 4.17. The van der Waals surface area contributed by atoms with Crippen LogP contribution in [0.4, 0.5) is 0 Å². The number of nitriles is 1. The predicted molar refractivity (Wildman–Crippen MR) is 43.9 cm³/mol. The van der Waals surface area contributed by atoms with Gasteiger partial charge in [0.05, 0.1) is 12.1 Å². The zero-order valence-electron chi connectivity index (χ0n) is 6.92. The molecule has 1 rings (SSSR count). The Morgan fingerprint density at radius 2 is 2.58 bits per heavy atom. The minimum absolute atomic E-state index is 0.0478. The van der Waals surface area contributed by atoms with Crippen LogP contribution < -0.4 is 11.1 Å². The van der Waals surface area contributed by atoms with Gasteiger partial charge in [0.15, 0.2) is 0 Å². The summed E-state index contributed by atoms with van der Waals surface area (Å²) in [5.74, 6) is 0.000324. The van der Waals surface area contributed by atoms with Crippen molar-refractivity contribution in [3.63, 3.8) is 0 Å². The van der Waals surface area contributed by atoms with Crippen molar-refractivity contribution in [3.05, 3.63) is 0 Å². The van der Waals surface area contributed by atoms with Crippen molar-refractivity contribution in [1.82, 2.24) is 5.32 Å². The first-order chi connectivity index (χ1) is 5.74. The highest BCUT2D eigenvalue weighted by Gasteiger charge is 2.23. The largest absolute Gasteiger partial charge is 0.356 e. The first-order valence-corrected chi connectivity index (χ1v) is 4.17. The number of carbonyl (C=O) groups excluding carboxylic acids is 1. The molecule has 12 heavy (non-hydrogen) atoms. The molecule has 0 radical (unpaired) electrons. The van der Waals surface area contributed by atoms with Gasteiger partial charge in [0, 0.05) is 12.5 Å². The molecule has 0 aliphatic carbocycles. The third-order valence-corrected chi connectivity index (χ3v) is 2.10. The van der Waals surface area contributed by atoms with Crippen molar-refractivity contribution >= 4 is 5.91 Å². The van der Waals surface area contributed by atoms with E-state index in [-0.39, 0.29) is 11.8 Å². The molecular weight excluding hydrogens is 154 g/mol. The number of amides is 1. The lowest BCUT2D eigenvalue weighted by molar-refractivity contribution is -0.126. The monoisotopic (exact) mass is 167 g/mol. The molecule has 0 aromatic rings. The van der Waals surface area contributed by atoms with Gasteiger partial charge in [0.25, 0.3) is 0 Å². The number of rotatable bonds is 2. The summed E-state index contributed by atoms with van der Waals surface area (Å²) in [4.78, 5) is 11.2. The van der Waals surface area contributed by atoms with Crippen molar-refractivity contribution in [2.75, 3.05) is 6.54 Å². The van der Waals surface area contributed by atoms with E-state index < -0.39 is 6.04 Å². The van der Waals surface area contributed by atoms with Crippen LogP contribution in [-0.4, -0.2) is 18.5 Å². The third kappa shape index (κ3) is 2.21. The predicted octanol–water partition coefficient (Wildman–Crippen LogP) is -0.246. The molecule has 4 heteroatoms. The smallest absolute Gasteiger partial charge is 0.223 e. The quantitative estimate of drug-likeness (QED) is 0.595. The summed E-state index contributed by atoms with van der Waals surface area (Å²) in [5, 5.41) is 11.2. The lowest BCUT2D eigenvalue weighted by Crippen LogP contribution is -2.39. The van der Waals surface area contributed by atoms with E-state index in [1.165, 1.54) is 0 Å². The van der Waals surface area contributed by atoms with Crippen molar-refractivity contribution < 1.29 is 4.79 Å². The lowest BCUT2D eigenvalue weighted by Gasteiger charge is -2.22. The van der Waals surface area contributed by atoms with Crippen LogP contribution in [0.2, 0.25) is 0 Å². The van der Waals surface area contributed by atoms with Gasteiger partial charge in [0.2, 0.25) is 5.91 Å². The molecule has 2 unspecified atom stereocenters. The zero-order valence-corrected chi connectivity index (χ0v) is 6.92. The third-order valence-electron chi connectivity index (χ3n) is 2.10. The Balaban J connectivity index is 2.40. The van der Waals surface area contributed by atoms with Gasteiger partial charge in [0.1, 0.15) is 0 Å². The average molecular weight is 167 g/mol. The molecule has 0 aromatic heterocycles. The molecule has 0 saturated carbocycles. The lowest BCUT2D eigenvalue weighted by atomic mass is 9.92. The van der Waals surface area contributed by atoms with Gasteiger partial charge in [-0.15, -0.1) is 0 Å². The summed E-state index contributed by atoms with van der Waals surface area (Å²) in [7, 11) is 0. The number of carbonyl (C=O) groups is 1. The molecule has 1 aliphatic heterocycles. The van der Waals surface area contributed by atoms with Gasteiger partial charge in [-0.3, -0.25) is 4.79 Å². The number of hydrogen-bond donors (Lipinski definition) is 2. The van der Waals surface area contributed by atoms with E-state index in [0.29, 0.717) is 6.42 Å². The number of nitrogens with zero attached hydrogens (tertiary/aromatic N) is 1. The summed E-state index contributed by atoms with van der Waals surface area (Å²) in [6.45, 7) is 0.761. The summed E-state index contributed by atoms with van der Waals surface area (Å²) < 4.78 is 0. The number of piperidine rings is 1. The SMILES string of the molecule is N#CC(N)CC1CCCNC1=O. The highest BCUT2D eigenvalue weighted by molar-refractivity contribution is 5.79. The van der Waals surface area contributed by atoms with E-state index in [1.807, 2.05) is 6.07 Å². The molecule has 1 fully saturated rings. The van der Waals surface area contributed by atoms with E-state index >= 15 is 0 Å². The number of nitrogens with one attached hydrogen (secondary N) is 1. The van der Waals surface area contributed by atoms with Crippen LogP contribution in [-0.2, 0) is 4.79 Å². The molecule has 0 spiro atoms. The molecule has 66 valence electrons. The Morgan fingerprint density at radius 1 is 1.83 bits per heavy atom. The fourth-order valence-corrected chi connectivity index (χ4v) is 1.42. The van der Waals surface area contributed by atoms with Crippen molar-refractivity contribution in [2.24, 2.45) is 11.7 Å². The van der Waals surface area contributed by atoms with Gasteiger partial charge < -0.3 is 11.1 Å². The molecule has 2 atom stereocenters. The average Bonchev–Trinajstić information content (AvgIpc) is 2.09. The second-order valence-electron chi connectivity index (χ2n) is 3.10. The minimum Gasteiger partial charge on any atom is -0.356 e. The highest BCUT2D eigenvalue weighted by Crippen LogP contribution is 2.16. The van der Waals surface area contributed by atoms with E-state index in [9.17, 15) is 4.79 Å². The Bertz CT molecular complexity index is 209. The molecule has 4 nitrogen and oxygen atoms in total. The number of nitrogens with two attached hydrogens (primary N) is 1. The number of hydrogen-bond acceptors (Lipinski definition) is 3. The van der Waals surface area contributed by atoms with Crippen LogP contribution in [0.15, 0.2) is 0 Å². The van der Waals surface area contributed by atoms with Gasteiger partial charge in [-0.1, -0.05) is 0 Å². The van der Waals surface area contributed by atoms with Crippen molar-refractivity contribution in [3.8, 4) is 6.07 Å². The van der Waals surface area contributed by atoms with Gasteiger partial charge in [-0.2, -0.15) is 5.26 Å². The zero-order chi connectivity index (χ0) is 8.97. The molecule has 1 saturated heterocycles. The van der Waals surface area contributed by atoms with Crippen LogP contribution >= 0.6 is 0 Å². The molecule has 0 aromatic carbocycles. The summed E-state index contributed by atoms with van der Waals surface area (Å²) >= 11 is 0. The molecule has 0 bridgehead atoms. The van der Waals surface area contributed by atoms with E-state index in [2.05, 4.69) is 5.32 Å². The van der Waals surface area contributed by atoms with Crippen molar-refractivity contribution in [1.29, 1.82) is 5.26 Å². The van der Waals surface area contributed by atoms with Gasteiger partial charge in [-0.05, 0) is 19.3 Å². The fraction of sp³-hybridized carbons (Fsp3) is 0.750. The Hall–Kier alpha value is -1.08. The van der Waals surface area contributed by atoms with E-state index in [4.69, 9.17) is 11.0 Å². The van der Waals surface area contributed by atoms with Crippen LogP contribution in [0.1, 0.15) is 19.3 Å². The first kappa shape index (κ1) is 9.01. The second-order valence-corrected chi connectivity index (χ2v) is 3.10. The molecule has 1 amide bonds. The summed E-state index contributed by atoms with van der Waals surface area (Å²) in [5.41, 5.74) is 5.42. The van der Waals surface area contributed by atoms with Crippen LogP contribution in [0.5, 0.6) is 0 Å². The molecule has 1 aliphatic rings. The standard InChI is InChI=1S/C8H13N3O/c9-5-7(10)4-6-2-1-3-11-8(6)12/h6-7H,1-4,10H2,(H,11,12). The fourth-order valence-electron chi connectivity index (χ4n) is 1.42. The maximum atomic E-state index is 11.2. The molecule has 3 N–H and O–H groups in total. The van der Waals surface area contributed by atoms with E-state index in [0.717, 1.165) is 19.4 Å². The van der Waals surface area contributed by atoms with E-state index in [1.54, 1.807) is 0 Å². The van der Waals surface area contributed by atoms with Crippen LogP contribution in [0.3, 0.4) is 0 Å². The molecule has 1 heterocycles. The molecular formula is C8H13N3O. The Kier molecular flexibility index (Phi) is 3.06. The second kappa shape index (κ2) is 4.07. The highest BCUT2D eigenvalue weighted by atomic mass is 16.1. The van der Waals surface area contributed by atoms with Crippen LogP contribution in [0.25, 0.3) is 0 Å². The van der Waals surface area contributed by atoms with Crippen molar-refractivity contribution in [2.45, 2.75) is 25.3 Å². The minimum atomic E-state index is -0.501. The summed E-state index contributed by atoms with van der Waals surface area (Å²) in [6.07, 6.45) is 2.35. The maximum Gasteiger partial charge on any atom is 0.223 e. The maximum absolute atomic E-state index is 11.2.